The van der Waals surface area contributed by atoms with Crippen molar-refractivity contribution in [1.29, 1.82) is 0 Å². The minimum absolute atomic E-state index is 0. The van der Waals surface area contributed by atoms with Crippen LogP contribution in [0.4, 0.5) is 18.3 Å². The number of esters is 1. The predicted molar refractivity (Wildman–Crippen MR) is 105 cm³/mol. The minimum atomic E-state index is -4.64. The van der Waals surface area contributed by atoms with Crippen molar-refractivity contribution in [3.05, 3.63) is 46.1 Å². The van der Waals surface area contributed by atoms with Gasteiger partial charge in [-0.15, -0.1) is 22.6 Å². The molecule has 2 aromatic heterocycles. The maximum absolute atomic E-state index is 12.7. The van der Waals surface area contributed by atoms with Gasteiger partial charge >= 0.3 is 12.1 Å². The average Bonchev–Trinajstić information content (AvgIpc) is 3.33. The molecule has 0 saturated carbocycles. The summed E-state index contributed by atoms with van der Waals surface area (Å²) in [6.07, 6.45) is -2.32. The molecular formula is C18H14ClF3N4O3S. The molecule has 158 valence electrons. The number of rotatable bonds is 4. The van der Waals surface area contributed by atoms with Gasteiger partial charge in [-0.2, -0.15) is 13.2 Å². The number of alkyl halides is 3. The van der Waals surface area contributed by atoms with Crippen LogP contribution in [0.15, 0.2) is 24.3 Å². The zero-order valence-corrected chi connectivity index (χ0v) is 16.8. The molecule has 30 heavy (non-hydrogen) atoms. The molecule has 0 spiro atoms. The topological polar surface area (TPSA) is 94.1 Å². The molecule has 0 saturated heterocycles. The van der Waals surface area contributed by atoms with Crippen LogP contribution >= 0.6 is 23.7 Å². The molecule has 0 radical (unpaired) electrons. The van der Waals surface area contributed by atoms with E-state index in [9.17, 15) is 22.8 Å². The monoisotopic (exact) mass is 458 g/mol. The Balaban J connectivity index is 0.00000256. The number of halogens is 4. The number of carbonyl (C=O) groups is 2. The Hall–Kier alpha value is -2.79. The summed E-state index contributed by atoms with van der Waals surface area (Å²) >= 11 is 0.189. The third-order valence-electron chi connectivity index (χ3n) is 4.37. The fourth-order valence-corrected chi connectivity index (χ4v) is 3.82. The second kappa shape index (κ2) is 8.52. The lowest BCUT2D eigenvalue weighted by molar-refractivity contribution is -0.138. The van der Waals surface area contributed by atoms with Crippen LogP contribution in [0, 0.1) is 0 Å². The summed E-state index contributed by atoms with van der Waals surface area (Å²) < 4.78 is 42.7. The largest absolute Gasteiger partial charge is 0.452 e. The number of para-hydroxylation sites is 1. The van der Waals surface area contributed by atoms with E-state index in [0.717, 1.165) is 24.1 Å². The molecule has 1 amide bonds. The molecule has 0 bridgehead atoms. The van der Waals surface area contributed by atoms with Crippen LogP contribution in [0.5, 0.6) is 0 Å². The third-order valence-corrected chi connectivity index (χ3v) is 5.26. The lowest BCUT2D eigenvalue weighted by Gasteiger charge is -2.11. The van der Waals surface area contributed by atoms with E-state index in [1.165, 1.54) is 0 Å². The maximum atomic E-state index is 12.7. The van der Waals surface area contributed by atoms with Gasteiger partial charge in [-0.1, -0.05) is 29.5 Å². The van der Waals surface area contributed by atoms with Gasteiger partial charge in [0.15, 0.2) is 6.61 Å². The standard InChI is InChI=1S/C18H13F3N4O3S.ClH/c19-18(20,21)16-24-25-17(29-16)23-13(26)8-28-15(27)14-9-4-1-2-6-11(9)22-12-7-3-5-10(12)14;/h1-2,4,6H,3,5,7-8H2,(H,23,25,26);1H. The van der Waals surface area contributed by atoms with Crippen LogP contribution in [-0.4, -0.2) is 33.7 Å². The van der Waals surface area contributed by atoms with Crippen LogP contribution in [0.2, 0.25) is 0 Å². The van der Waals surface area contributed by atoms with E-state index in [1.807, 2.05) is 6.07 Å². The third kappa shape index (κ3) is 4.36. The average molecular weight is 459 g/mol. The number of aromatic nitrogens is 3. The molecule has 0 fully saturated rings. The van der Waals surface area contributed by atoms with Gasteiger partial charge in [0.25, 0.3) is 5.91 Å². The second-order valence-electron chi connectivity index (χ2n) is 6.32. The number of carbonyl (C=O) groups excluding carboxylic acids is 2. The fourth-order valence-electron chi connectivity index (χ4n) is 3.19. The number of hydrogen-bond donors (Lipinski definition) is 1. The van der Waals surface area contributed by atoms with Crippen molar-refractivity contribution in [2.24, 2.45) is 0 Å². The predicted octanol–water partition coefficient (Wildman–Crippen LogP) is 3.81. The number of benzene rings is 1. The Morgan fingerprint density at radius 1 is 1.17 bits per heavy atom. The molecule has 0 aliphatic heterocycles. The molecule has 3 aromatic rings. The van der Waals surface area contributed by atoms with Crippen LogP contribution in [0.1, 0.15) is 33.0 Å². The number of pyridine rings is 1. The number of nitrogens with zero attached hydrogens (tertiary/aromatic N) is 3. The summed E-state index contributed by atoms with van der Waals surface area (Å²) in [5.41, 5.74) is 2.70. The van der Waals surface area contributed by atoms with Gasteiger partial charge < -0.3 is 4.74 Å². The Morgan fingerprint density at radius 3 is 2.67 bits per heavy atom. The van der Waals surface area contributed by atoms with Gasteiger partial charge in [0.2, 0.25) is 10.1 Å². The number of anilines is 1. The fraction of sp³-hybridized carbons (Fsp3) is 0.278. The Kier molecular flexibility index (Phi) is 6.22. The highest BCUT2D eigenvalue weighted by Gasteiger charge is 2.36. The van der Waals surface area contributed by atoms with Gasteiger partial charge in [0.1, 0.15) is 0 Å². The molecular weight excluding hydrogens is 445 g/mol. The summed E-state index contributed by atoms with van der Waals surface area (Å²) in [5, 5.41) is 7.52. The summed E-state index contributed by atoms with van der Waals surface area (Å²) in [6.45, 7) is -0.662. The van der Waals surface area contributed by atoms with E-state index in [2.05, 4.69) is 20.5 Å². The molecule has 0 atom stereocenters. The van der Waals surface area contributed by atoms with Crippen molar-refractivity contribution >= 4 is 51.7 Å². The van der Waals surface area contributed by atoms with E-state index in [1.54, 1.807) is 18.2 Å². The quantitative estimate of drug-likeness (QED) is 0.597. The molecule has 7 nitrogen and oxygen atoms in total. The molecule has 0 unspecified atom stereocenters. The van der Waals surface area contributed by atoms with Gasteiger partial charge in [-0.3, -0.25) is 15.1 Å². The molecule has 12 heteroatoms. The molecule has 1 N–H and O–H groups in total. The van der Waals surface area contributed by atoms with Crippen molar-refractivity contribution < 1.29 is 27.5 Å². The van der Waals surface area contributed by atoms with E-state index >= 15 is 0 Å². The lowest BCUT2D eigenvalue weighted by atomic mass is 10.0. The molecule has 1 aliphatic carbocycles. The molecule has 1 aliphatic rings. The van der Waals surface area contributed by atoms with Crippen LogP contribution < -0.4 is 5.32 Å². The van der Waals surface area contributed by atoms with Gasteiger partial charge in [0.05, 0.1) is 11.1 Å². The molecule has 2 heterocycles. The summed E-state index contributed by atoms with van der Waals surface area (Å²) in [7, 11) is 0. The summed E-state index contributed by atoms with van der Waals surface area (Å²) in [5.74, 6) is -1.48. The van der Waals surface area contributed by atoms with Crippen LogP contribution in [0.25, 0.3) is 10.9 Å². The first kappa shape index (κ1) is 21.9. The normalized spacial score (nSPS) is 12.9. The number of aryl methyl sites for hydroxylation is 1. The summed E-state index contributed by atoms with van der Waals surface area (Å²) in [6, 6.07) is 7.15. The van der Waals surface area contributed by atoms with Gasteiger partial charge in [-0.25, -0.2) is 4.79 Å². The number of hydrogen-bond acceptors (Lipinski definition) is 7. The van der Waals surface area contributed by atoms with Crippen molar-refractivity contribution in [3.8, 4) is 0 Å². The van der Waals surface area contributed by atoms with Crippen LogP contribution in [-0.2, 0) is 28.5 Å². The summed E-state index contributed by atoms with van der Waals surface area (Å²) in [4.78, 5) is 29.2. The SMILES string of the molecule is Cl.O=C(COC(=O)c1c2c(nc3ccccc13)CCC2)Nc1nnc(C(F)(F)F)s1. The number of fused-ring (bicyclic) bond motifs is 2. The Labute approximate surface area is 178 Å². The van der Waals surface area contributed by atoms with Crippen molar-refractivity contribution in [2.45, 2.75) is 25.4 Å². The smallest absolute Gasteiger partial charge is 0.445 e. The first-order valence-electron chi connectivity index (χ1n) is 8.61. The van der Waals surface area contributed by atoms with E-state index in [4.69, 9.17) is 4.74 Å². The second-order valence-corrected chi connectivity index (χ2v) is 7.29. The highest BCUT2D eigenvalue weighted by Crippen LogP contribution is 2.33. The highest BCUT2D eigenvalue weighted by molar-refractivity contribution is 7.15. The van der Waals surface area contributed by atoms with E-state index in [0.29, 0.717) is 22.9 Å². The van der Waals surface area contributed by atoms with E-state index < -0.39 is 29.7 Å². The number of nitrogens with one attached hydrogen (secondary N) is 1. The first-order valence-corrected chi connectivity index (χ1v) is 9.43. The number of ether oxygens (including phenoxy) is 1. The minimum Gasteiger partial charge on any atom is -0.452 e. The van der Waals surface area contributed by atoms with Crippen molar-refractivity contribution in [3.63, 3.8) is 0 Å². The van der Waals surface area contributed by atoms with Crippen LogP contribution in [0.3, 0.4) is 0 Å². The Bertz CT molecular complexity index is 1120. The zero-order valence-electron chi connectivity index (χ0n) is 15.2. The first-order chi connectivity index (χ1) is 13.8. The van der Waals surface area contributed by atoms with Gasteiger partial charge in [-0.05, 0) is 30.9 Å². The molecule has 4 rings (SSSR count). The van der Waals surface area contributed by atoms with E-state index in [-0.39, 0.29) is 28.9 Å². The maximum Gasteiger partial charge on any atom is 0.445 e. The van der Waals surface area contributed by atoms with Crippen molar-refractivity contribution in [2.75, 3.05) is 11.9 Å². The number of amides is 1. The Morgan fingerprint density at radius 2 is 1.93 bits per heavy atom. The highest BCUT2D eigenvalue weighted by atomic mass is 35.5. The zero-order chi connectivity index (χ0) is 20.6. The van der Waals surface area contributed by atoms with Gasteiger partial charge in [0, 0.05) is 11.1 Å². The van der Waals surface area contributed by atoms with Crippen molar-refractivity contribution in [1.82, 2.24) is 15.2 Å². The molecule has 1 aromatic carbocycles. The lowest BCUT2D eigenvalue weighted by Crippen LogP contribution is -2.21.